The summed E-state index contributed by atoms with van der Waals surface area (Å²) in [6, 6.07) is 0. The summed E-state index contributed by atoms with van der Waals surface area (Å²) in [5.74, 6) is 0.645. The maximum Gasteiger partial charge on any atom is 0.00189 e. The van der Waals surface area contributed by atoms with Crippen LogP contribution < -0.4 is 5.73 Å². The van der Waals surface area contributed by atoms with Crippen molar-refractivity contribution in [3.63, 3.8) is 0 Å². The molecule has 0 fully saturated rings. The molecule has 0 amide bonds. The largest absolute Gasteiger partial charge is 0.330 e. The Morgan fingerprint density at radius 3 is 2.25 bits per heavy atom. The molecule has 0 heterocycles. The van der Waals surface area contributed by atoms with E-state index in [-0.39, 0.29) is 0 Å². The molecular weight excluding hydrogens is 196 g/mol. The van der Waals surface area contributed by atoms with Crippen molar-refractivity contribution in [1.29, 1.82) is 0 Å². The van der Waals surface area contributed by atoms with Crippen molar-refractivity contribution in [2.24, 2.45) is 17.1 Å². The number of unbranched alkanes of at least 4 members (excludes halogenated alkanes) is 2. The van der Waals surface area contributed by atoms with E-state index in [2.05, 4.69) is 39.6 Å². The summed E-state index contributed by atoms with van der Waals surface area (Å²) in [6.45, 7) is 12.3. The summed E-state index contributed by atoms with van der Waals surface area (Å²) in [5.41, 5.74) is 6.25. The highest BCUT2D eigenvalue weighted by molar-refractivity contribution is 4.72. The van der Waals surface area contributed by atoms with Gasteiger partial charge < -0.3 is 10.6 Å². The molecule has 0 radical (unpaired) electrons. The molecule has 2 nitrogen and oxygen atoms in total. The zero-order chi connectivity index (χ0) is 12.6. The Labute approximate surface area is 103 Å². The fourth-order valence-electron chi connectivity index (χ4n) is 2.25. The molecule has 98 valence electrons. The lowest BCUT2D eigenvalue weighted by Gasteiger charge is -2.28. The van der Waals surface area contributed by atoms with E-state index in [1.165, 1.54) is 32.2 Å². The average molecular weight is 228 g/mol. The third-order valence-electron chi connectivity index (χ3n) is 2.95. The first-order valence-electron chi connectivity index (χ1n) is 6.77. The van der Waals surface area contributed by atoms with E-state index < -0.39 is 0 Å². The van der Waals surface area contributed by atoms with Crippen LogP contribution in [0.3, 0.4) is 0 Å². The van der Waals surface area contributed by atoms with Crippen molar-refractivity contribution in [3.05, 3.63) is 0 Å². The highest BCUT2D eigenvalue weighted by atomic mass is 15.1. The Bertz CT molecular complexity index is 161. The molecule has 0 saturated heterocycles. The van der Waals surface area contributed by atoms with E-state index in [1.807, 2.05) is 0 Å². The van der Waals surface area contributed by atoms with Crippen molar-refractivity contribution in [2.75, 3.05) is 26.7 Å². The van der Waals surface area contributed by atoms with Gasteiger partial charge in [-0.25, -0.2) is 0 Å². The molecule has 1 atom stereocenters. The average Bonchev–Trinajstić information content (AvgIpc) is 2.15. The standard InChI is InChI=1S/C14H32N2/c1-6-7-8-9-16(5)12-13(11-15)10-14(2,3)4/h13H,6-12,15H2,1-5H3. The highest BCUT2D eigenvalue weighted by Crippen LogP contribution is 2.24. The maximum atomic E-state index is 5.86. The molecule has 2 heteroatoms. The Hall–Kier alpha value is -0.0800. The molecule has 0 aromatic carbocycles. The molecule has 0 bridgehead atoms. The number of hydrogen-bond acceptors (Lipinski definition) is 2. The lowest BCUT2D eigenvalue weighted by molar-refractivity contribution is 0.218. The van der Waals surface area contributed by atoms with Gasteiger partial charge in [0.15, 0.2) is 0 Å². The van der Waals surface area contributed by atoms with Gasteiger partial charge in [-0.05, 0) is 44.3 Å². The first-order valence-corrected chi connectivity index (χ1v) is 6.77. The summed E-state index contributed by atoms with van der Waals surface area (Å²) < 4.78 is 0. The van der Waals surface area contributed by atoms with Crippen molar-refractivity contribution in [1.82, 2.24) is 4.90 Å². The molecule has 0 spiro atoms. The third kappa shape index (κ3) is 9.17. The second-order valence-corrected chi connectivity index (χ2v) is 6.34. The smallest absolute Gasteiger partial charge is 0.00189 e. The van der Waals surface area contributed by atoms with Gasteiger partial charge in [0.1, 0.15) is 0 Å². The van der Waals surface area contributed by atoms with Crippen LogP contribution >= 0.6 is 0 Å². The van der Waals surface area contributed by atoms with Crippen LogP contribution in [0.5, 0.6) is 0 Å². The van der Waals surface area contributed by atoms with Crippen molar-refractivity contribution in [2.45, 2.75) is 53.4 Å². The number of rotatable bonds is 8. The quantitative estimate of drug-likeness (QED) is 0.647. The minimum absolute atomic E-state index is 0.397. The number of nitrogens with two attached hydrogens (primary N) is 1. The Kier molecular flexibility index (Phi) is 8.04. The summed E-state index contributed by atoms with van der Waals surface area (Å²) in [7, 11) is 2.22. The molecule has 0 aromatic rings. The second kappa shape index (κ2) is 8.08. The molecule has 2 N–H and O–H groups in total. The lowest BCUT2D eigenvalue weighted by Crippen LogP contribution is -2.33. The topological polar surface area (TPSA) is 29.3 Å². The van der Waals surface area contributed by atoms with Gasteiger partial charge in [0.25, 0.3) is 0 Å². The SMILES string of the molecule is CCCCCN(C)CC(CN)CC(C)(C)C. The van der Waals surface area contributed by atoms with Crippen LogP contribution in [0, 0.1) is 11.3 Å². The fraction of sp³-hybridized carbons (Fsp3) is 1.00. The van der Waals surface area contributed by atoms with E-state index >= 15 is 0 Å². The van der Waals surface area contributed by atoms with Gasteiger partial charge in [-0.2, -0.15) is 0 Å². The summed E-state index contributed by atoms with van der Waals surface area (Å²) >= 11 is 0. The third-order valence-corrected chi connectivity index (χ3v) is 2.95. The summed E-state index contributed by atoms with van der Waals surface area (Å²) in [6.07, 6.45) is 5.19. The molecule has 0 rings (SSSR count). The molecule has 16 heavy (non-hydrogen) atoms. The van der Waals surface area contributed by atoms with Gasteiger partial charge in [-0.3, -0.25) is 0 Å². The zero-order valence-electron chi connectivity index (χ0n) is 12.1. The van der Waals surface area contributed by atoms with Crippen LogP contribution in [0.2, 0.25) is 0 Å². The predicted molar refractivity (Wildman–Crippen MR) is 73.6 cm³/mol. The molecule has 0 aliphatic rings. The van der Waals surface area contributed by atoms with Crippen LogP contribution in [0.15, 0.2) is 0 Å². The first-order chi connectivity index (χ1) is 7.39. The van der Waals surface area contributed by atoms with E-state index in [0.29, 0.717) is 11.3 Å². The first kappa shape index (κ1) is 15.9. The summed E-state index contributed by atoms with van der Waals surface area (Å²) in [4.78, 5) is 2.44. The minimum Gasteiger partial charge on any atom is -0.330 e. The van der Waals surface area contributed by atoms with Crippen LogP contribution in [0.4, 0.5) is 0 Å². The van der Waals surface area contributed by atoms with Crippen molar-refractivity contribution in [3.8, 4) is 0 Å². The fourth-order valence-corrected chi connectivity index (χ4v) is 2.25. The normalized spacial score (nSPS) is 14.4. The zero-order valence-corrected chi connectivity index (χ0v) is 12.1. The van der Waals surface area contributed by atoms with E-state index in [9.17, 15) is 0 Å². The lowest BCUT2D eigenvalue weighted by atomic mass is 9.84. The van der Waals surface area contributed by atoms with Gasteiger partial charge in [0, 0.05) is 6.54 Å². The minimum atomic E-state index is 0.397. The van der Waals surface area contributed by atoms with Crippen LogP contribution in [0.1, 0.15) is 53.4 Å². The van der Waals surface area contributed by atoms with E-state index in [1.54, 1.807) is 0 Å². The molecular formula is C14H32N2. The van der Waals surface area contributed by atoms with Gasteiger partial charge in [-0.1, -0.05) is 40.5 Å². The second-order valence-electron chi connectivity index (χ2n) is 6.34. The van der Waals surface area contributed by atoms with Gasteiger partial charge >= 0.3 is 0 Å². The summed E-state index contributed by atoms with van der Waals surface area (Å²) in [5, 5.41) is 0. The maximum absolute atomic E-state index is 5.86. The predicted octanol–water partition coefficient (Wildman–Crippen LogP) is 3.12. The highest BCUT2D eigenvalue weighted by Gasteiger charge is 2.18. The molecule has 0 aliphatic carbocycles. The Balaban J connectivity index is 3.83. The Morgan fingerprint density at radius 2 is 1.81 bits per heavy atom. The van der Waals surface area contributed by atoms with E-state index in [4.69, 9.17) is 5.73 Å². The van der Waals surface area contributed by atoms with Crippen molar-refractivity contribution >= 4 is 0 Å². The van der Waals surface area contributed by atoms with Gasteiger partial charge in [-0.15, -0.1) is 0 Å². The Morgan fingerprint density at radius 1 is 1.19 bits per heavy atom. The van der Waals surface area contributed by atoms with Crippen LogP contribution in [-0.4, -0.2) is 31.6 Å². The molecule has 0 aromatic heterocycles. The van der Waals surface area contributed by atoms with Crippen LogP contribution in [-0.2, 0) is 0 Å². The van der Waals surface area contributed by atoms with Gasteiger partial charge in [0.2, 0.25) is 0 Å². The van der Waals surface area contributed by atoms with E-state index in [0.717, 1.165) is 13.1 Å². The molecule has 1 unspecified atom stereocenters. The molecule has 0 aliphatic heterocycles. The number of nitrogens with zero attached hydrogens (tertiary/aromatic N) is 1. The van der Waals surface area contributed by atoms with Crippen molar-refractivity contribution < 1.29 is 0 Å². The number of hydrogen-bond donors (Lipinski definition) is 1. The van der Waals surface area contributed by atoms with Gasteiger partial charge in [0.05, 0.1) is 0 Å². The van der Waals surface area contributed by atoms with Crippen LogP contribution in [0.25, 0.3) is 0 Å². The monoisotopic (exact) mass is 228 g/mol. The molecule has 0 saturated carbocycles.